The van der Waals surface area contributed by atoms with Crippen LogP contribution in [0, 0.1) is 6.92 Å². The van der Waals surface area contributed by atoms with E-state index in [4.69, 9.17) is 10.8 Å². The van der Waals surface area contributed by atoms with E-state index in [2.05, 4.69) is 9.69 Å². The Morgan fingerprint density at radius 1 is 1.32 bits per heavy atom. The first-order chi connectivity index (χ1) is 8.99. The van der Waals surface area contributed by atoms with Crippen LogP contribution in [0.5, 0.6) is 0 Å². The van der Waals surface area contributed by atoms with E-state index in [9.17, 15) is 9.59 Å². The summed E-state index contributed by atoms with van der Waals surface area (Å²) < 4.78 is 3.92. The molecule has 7 heteroatoms. The number of carboxylic acids is 1. The Labute approximate surface area is 113 Å². The molecule has 2 rings (SSSR count). The predicted octanol–water partition coefficient (Wildman–Crippen LogP) is 1.98. The summed E-state index contributed by atoms with van der Waals surface area (Å²) in [6.07, 6.45) is 0. The molecule has 0 aliphatic rings. The molecule has 2 aromatic rings. The molecular formula is C12H11N3O3S. The minimum atomic E-state index is -1.11. The van der Waals surface area contributed by atoms with Gasteiger partial charge in [0.05, 0.1) is 5.69 Å². The van der Waals surface area contributed by atoms with Crippen molar-refractivity contribution in [3.63, 3.8) is 0 Å². The highest BCUT2D eigenvalue weighted by Crippen LogP contribution is 2.25. The molecular weight excluding hydrogens is 266 g/mol. The van der Waals surface area contributed by atoms with Crippen molar-refractivity contribution in [2.45, 2.75) is 6.92 Å². The largest absolute Gasteiger partial charge is 0.478 e. The summed E-state index contributed by atoms with van der Waals surface area (Å²) >= 11 is 0.943. The lowest BCUT2D eigenvalue weighted by Gasteiger charge is -2.04. The second kappa shape index (κ2) is 5.07. The number of nitrogens with one attached hydrogen (secondary N) is 1. The highest BCUT2D eigenvalue weighted by molar-refractivity contribution is 7.11. The van der Waals surface area contributed by atoms with Crippen LogP contribution in [0.3, 0.4) is 0 Å². The molecule has 0 saturated heterocycles. The van der Waals surface area contributed by atoms with Crippen molar-refractivity contribution >= 4 is 34.1 Å². The van der Waals surface area contributed by atoms with Crippen LogP contribution >= 0.6 is 11.5 Å². The van der Waals surface area contributed by atoms with E-state index < -0.39 is 11.9 Å². The molecule has 1 aromatic heterocycles. The predicted molar refractivity (Wildman–Crippen MR) is 72.6 cm³/mol. The van der Waals surface area contributed by atoms with Gasteiger partial charge in [-0.25, -0.2) is 4.79 Å². The van der Waals surface area contributed by atoms with Crippen LogP contribution in [0.2, 0.25) is 0 Å². The van der Waals surface area contributed by atoms with Gasteiger partial charge in [0.15, 0.2) is 0 Å². The third-order valence-corrected chi connectivity index (χ3v) is 3.33. The van der Waals surface area contributed by atoms with Crippen molar-refractivity contribution in [1.82, 2.24) is 4.37 Å². The maximum atomic E-state index is 11.9. The van der Waals surface area contributed by atoms with E-state index in [0.717, 1.165) is 11.5 Å². The summed E-state index contributed by atoms with van der Waals surface area (Å²) in [5, 5.41) is 11.8. The molecule has 1 heterocycles. The maximum absolute atomic E-state index is 11.9. The average molecular weight is 277 g/mol. The molecule has 0 spiro atoms. The van der Waals surface area contributed by atoms with Crippen molar-refractivity contribution < 1.29 is 14.7 Å². The number of anilines is 2. The first kappa shape index (κ1) is 13.0. The van der Waals surface area contributed by atoms with E-state index in [-0.39, 0.29) is 10.6 Å². The van der Waals surface area contributed by atoms with E-state index in [1.54, 1.807) is 31.2 Å². The average Bonchev–Trinajstić information content (AvgIpc) is 2.71. The molecule has 0 atom stereocenters. The Morgan fingerprint density at radius 2 is 1.95 bits per heavy atom. The molecule has 1 amide bonds. The monoisotopic (exact) mass is 277 g/mol. The number of hydrogen-bond donors (Lipinski definition) is 3. The number of carboxylic acid groups (broad SMARTS) is 1. The van der Waals surface area contributed by atoms with E-state index >= 15 is 0 Å². The summed E-state index contributed by atoms with van der Waals surface area (Å²) in [7, 11) is 0. The molecule has 0 saturated carbocycles. The fourth-order valence-electron chi connectivity index (χ4n) is 1.52. The second-order valence-corrected chi connectivity index (χ2v) is 4.63. The van der Waals surface area contributed by atoms with Gasteiger partial charge < -0.3 is 16.2 Å². The lowest BCUT2D eigenvalue weighted by molar-refractivity contribution is 0.0697. The Balaban J connectivity index is 2.24. The number of carbonyl (C=O) groups excluding carboxylic acids is 1. The van der Waals surface area contributed by atoms with Gasteiger partial charge in [0, 0.05) is 11.3 Å². The van der Waals surface area contributed by atoms with Gasteiger partial charge in [-0.05, 0) is 42.7 Å². The molecule has 19 heavy (non-hydrogen) atoms. The molecule has 0 radical (unpaired) electrons. The quantitative estimate of drug-likeness (QED) is 0.744. The number of hydrogen-bond acceptors (Lipinski definition) is 5. The van der Waals surface area contributed by atoms with E-state index in [0.29, 0.717) is 16.9 Å². The Kier molecular flexibility index (Phi) is 3.48. The van der Waals surface area contributed by atoms with Gasteiger partial charge in [0.2, 0.25) is 0 Å². The number of nitrogen functional groups attached to an aromatic ring is 1. The van der Waals surface area contributed by atoms with Gasteiger partial charge >= 0.3 is 5.97 Å². The summed E-state index contributed by atoms with van der Waals surface area (Å²) in [5.41, 5.74) is 6.88. The molecule has 0 aliphatic carbocycles. The van der Waals surface area contributed by atoms with Crippen LogP contribution in [0.25, 0.3) is 0 Å². The molecule has 1 aromatic carbocycles. The van der Waals surface area contributed by atoms with Gasteiger partial charge in [-0.1, -0.05) is 0 Å². The van der Waals surface area contributed by atoms with Crippen LogP contribution in [-0.4, -0.2) is 21.4 Å². The first-order valence-corrected chi connectivity index (χ1v) is 6.13. The zero-order valence-electron chi connectivity index (χ0n) is 10.0. The van der Waals surface area contributed by atoms with Crippen molar-refractivity contribution in [2.24, 2.45) is 0 Å². The van der Waals surface area contributed by atoms with Crippen LogP contribution in [0.4, 0.5) is 10.7 Å². The van der Waals surface area contributed by atoms with Crippen molar-refractivity contribution in [3.05, 3.63) is 41.1 Å². The number of amides is 1. The van der Waals surface area contributed by atoms with Crippen LogP contribution in [-0.2, 0) is 0 Å². The zero-order chi connectivity index (χ0) is 14.0. The van der Waals surface area contributed by atoms with Crippen LogP contribution in [0.15, 0.2) is 24.3 Å². The number of aryl methyl sites for hydroxylation is 1. The fourth-order valence-corrected chi connectivity index (χ4v) is 2.30. The third-order valence-electron chi connectivity index (χ3n) is 2.48. The molecule has 0 bridgehead atoms. The summed E-state index contributed by atoms with van der Waals surface area (Å²) in [5.74, 6) is -1.51. The number of rotatable bonds is 3. The Morgan fingerprint density at radius 3 is 2.53 bits per heavy atom. The van der Waals surface area contributed by atoms with Crippen molar-refractivity contribution in [2.75, 3.05) is 11.1 Å². The van der Waals surface area contributed by atoms with Crippen molar-refractivity contribution in [3.8, 4) is 0 Å². The van der Waals surface area contributed by atoms with Crippen LogP contribution in [0.1, 0.15) is 26.4 Å². The second-order valence-electron chi connectivity index (χ2n) is 3.85. The molecule has 0 unspecified atom stereocenters. The minimum Gasteiger partial charge on any atom is -0.478 e. The Bertz CT molecular complexity index is 634. The van der Waals surface area contributed by atoms with Gasteiger partial charge in [0.25, 0.3) is 5.91 Å². The molecule has 4 N–H and O–H groups in total. The van der Waals surface area contributed by atoms with E-state index in [1.165, 1.54) is 0 Å². The molecule has 0 aliphatic heterocycles. The third kappa shape index (κ3) is 2.71. The number of nitrogens with two attached hydrogens (primary N) is 1. The van der Waals surface area contributed by atoms with Gasteiger partial charge in [0.1, 0.15) is 10.6 Å². The highest BCUT2D eigenvalue weighted by Gasteiger charge is 2.19. The molecule has 98 valence electrons. The van der Waals surface area contributed by atoms with E-state index in [1.807, 2.05) is 0 Å². The minimum absolute atomic E-state index is 0.0220. The zero-order valence-corrected chi connectivity index (χ0v) is 10.8. The normalized spacial score (nSPS) is 10.2. The number of aromatic nitrogens is 1. The summed E-state index contributed by atoms with van der Waals surface area (Å²) in [6, 6.07) is 6.34. The summed E-state index contributed by atoms with van der Waals surface area (Å²) in [4.78, 5) is 23.0. The number of aromatic carboxylic acids is 1. The van der Waals surface area contributed by atoms with Gasteiger partial charge in [-0.3, -0.25) is 4.79 Å². The lowest BCUT2D eigenvalue weighted by Crippen LogP contribution is -2.13. The standard InChI is InChI=1S/C12H11N3O3S/c1-6-9(12(17)18)11(19-15-6)14-10(16)7-2-4-8(13)5-3-7/h2-5H,13H2,1H3,(H,14,16)(H,17,18). The van der Waals surface area contributed by atoms with Gasteiger partial charge in [-0.2, -0.15) is 4.37 Å². The smallest absolute Gasteiger partial charge is 0.340 e. The molecule has 0 fully saturated rings. The van der Waals surface area contributed by atoms with Crippen LogP contribution < -0.4 is 11.1 Å². The number of benzene rings is 1. The first-order valence-electron chi connectivity index (χ1n) is 5.35. The number of nitrogens with zero attached hydrogens (tertiary/aromatic N) is 1. The van der Waals surface area contributed by atoms with Crippen molar-refractivity contribution in [1.29, 1.82) is 0 Å². The SMILES string of the molecule is Cc1nsc(NC(=O)c2ccc(N)cc2)c1C(=O)O. The topological polar surface area (TPSA) is 105 Å². The summed E-state index contributed by atoms with van der Waals surface area (Å²) in [6.45, 7) is 1.58. The Hall–Kier alpha value is -2.41. The molecule has 6 nitrogen and oxygen atoms in total. The number of carbonyl (C=O) groups is 2. The fraction of sp³-hybridized carbons (Fsp3) is 0.0833. The van der Waals surface area contributed by atoms with Gasteiger partial charge in [-0.15, -0.1) is 0 Å². The highest BCUT2D eigenvalue weighted by atomic mass is 32.1. The lowest BCUT2D eigenvalue weighted by atomic mass is 10.2. The maximum Gasteiger partial charge on any atom is 0.340 e.